The van der Waals surface area contributed by atoms with Gasteiger partial charge in [-0.25, -0.2) is 0 Å². The number of hydrogen-bond donors (Lipinski definition) is 1. The van der Waals surface area contributed by atoms with Crippen LogP contribution in [-0.2, 0) is 11.2 Å². The van der Waals surface area contributed by atoms with Crippen molar-refractivity contribution in [3.8, 4) is 0 Å². The van der Waals surface area contributed by atoms with Gasteiger partial charge in [-0.15, -0.1) is 0 Å². The minimum atomic E-state index is -0.525. The number of ketones is 1. The topological polar surface area (TPSA) is 43.1 Å². The molecule has 0 amide bonds. The lowest BCUT2D eigenvalue weighted by molar-refractivity contribution is -0.118. The average molecular weight is 279 g/mol. The molecular formula is C19H21NO. The Labute approximate surface area is 126 Å². The highest BCUT2D eigenvalue weighted by molar-refractivity contribution is 5.95. The lowest BCUT2D eigenvalue weighted by Crippen LogP contribution is -2.28. The molecule has 2 heteroatoms. The maximum absolute atomic E-state index is 12.0. The summed E-state index contributed by atoms with van der Waals surface area (Å²) < 4.78 is 0. The zero-order chi connectivity index (χ0) is 15.2. The number of carbonyl (C=O) groups excluding carboxylic acids is 1. The van der Waals surface area contributed by atoms with Gasteiger partial charge in [0.15, 0.2) is 5.78 Å². The van der Waals surface area contributed by atoms with Crippen LogP contribution in [0.25, 0.3) is 5.57 Å². The molecule has 0 fully saturated rings. The van der Waals surface area contributed by atoms with Gasteiger partial charge in [0.25, 0.3) is 0 Å². The first kappa shape index (κ1) is 15.2. The van der Waals surface area contributed by atoms with E-state index in [1.165, 1.54) is 0 Å². The quantitative estimate of drug-likeness (QED) is 0.866. The molecule has 1 aliphatic carbocycles. The predicted molar refractivity (Wildman–Crippen MR) is 88.0 cm³/mol. The third kappa shape index (κ3) is 3.29. The zero-order valence-corrected chi connectivity index (χ0v) is 12.5. The Kier molecular flexibility index (Phi) is 5.07. The molecule has 0 aromatic heterocycles. The van der Waals surface area contributed by atoms with E-state index in [0.29, 0.717) is 6.42 Å². The second kappa shape index (κ2) is 7.00. The predicted octanol–water partition coefficient (Wildman–Crippen LogP) is 3.60. The van der Waals surface area contributed by atoms with Crippen molar-refractivity contribution < 1.29 is 4.79 Å². The summed E-state index contributed by atoms with van der Waals surface area (Å²) in [5.41, 5.74) is 10.3. The minimum absolute atomic E-state index is 0.0679. The van der Waals surface area contributed by atoms with E-state index in [4.69, 9.17) is 5.73 Å². The molecule has 0 aliphatic heterocycles. The maximum Gasteiger partial charge on any atom is 0.157 e. The van der Waals surface area contributed by atoms with Crippen LogP contribution in [0, 0.1) is 0 Å². The van der Waals surface area contributed by atoms with Crippen molar-refractivity contribution in [2.75, 3.05) is 0 Å². The summed E-state index contributed by atoms with van der Waals surface area (Å²) in [6, 6.07) is 17.6. The van der Waals surface area contributed by atoms with Gasteiger partial charge in [-0.2, -0.15) is 0 Å². The molecule has 2 aromatic carbocycles. The monoisotopic (exact) mass is 279 g/mol. The van der Waals surface area contributed by atoms with E-state index in [0.717, 1.165) is 22.3 Å². The first-order valence-electron chi connectivity index (χ1n) is 7.39. The molecule has 1 atom stereocenters. The van der Waals surface area contributed by atoms with E-state index in [9.17, 15) is 4.79 Å². The summed E-state index contributed by atoms with van der Waals surface area (Å²) >= 11 is 0. The molecule has 2 aromatic rings. The van der Waals surface area contributed by atoms with Crippen molar-refractivity contribution in [3.63, 3.8) is 0 Å². The van der Waals surface area contributed by atoms with Crippen LogP contribution < -0.4 is 5.73 Å². The van der Waals surface area contributed by atoms with Crippen molar-refractivity contribution in [2.24, 2.45) is 5.73 Å². The highest BCUT2D eigenvalue weighted by atomic mass is 16.1. The molecular weight excluding hydrogens is 258 g/mol. The molecule has 0 heterocycles. The van der Waals surface area contributed by atoms with Crippen molar-refractivity contribution >= 4 is 11.4 Å². The van der Waals surface area contributed by atoms with Crippen LogP contribution in [0.3, 0.4) is 0 Å². The van der Waals surface area contributed by atoms with Crippen LogP contribution in [0.1, 0.15) is 30.5 Å². The molecule has 0 saturated carbocycles. The fourth-order valence-corrected chi connectivity index (χ4v) is 2.47. The second-order valence-electron chi connectivity index (χ2n) is 4.77. The van der Waals surface area contributed by atoms with Gasteiger partial charge in [0.2, 0.25) is 0 Å². The number of carbonyl (C=O) groups is 1. The molecule has 1 aliphatic rings. The lowest BCUT2D eigenvalue weighted by Gasteiger charge is -2.10. The molecule has 21 heavy (non-hydrogen) atoms. The van der Waals surface area contributed by atoms with Crippen molar-refractivity contribution in [1.29, 1.82) is 0 Å². The molecule has 0 saturated heterocycles. The van der Waals surface area contributed by atoms with E-state index in [1.54, 1.807) is 0 Å². The van der Waals surface area contributed by atoms with Gasteiger partial charge in [-0.1, -0.05) is 74.5 Å². The van der Waals surface area contributed by atoms with Crippen LogP contribution in [0.15, 0.2) is 60.7 Å². The van der Waals surface area contributed by atoms with Crippen LogP contribution in [0.2, 0.25) is 0 Å². The number of nitrogens with two attached hydrogens (primary N) is 1. The number of fused-ring (bicyclic) bond motifs is 1. The highest BCUT2D eigenvalue weighted by Crippen LogP contribution is 2.29. The standard InChI is InChI=1S/C17H15NO.C2H6/c18-16-11-15(12-6-2-1-3-7-12)14-9-5-4-8-13(14)10-17(16)19;1-2/h1-9,11,16H,10,18H2;1-2H3/t16-;/m1./s1. The molecule has 108 valence electrons. The average Bonchev–Trinajstić information content (AvgIpc) is 2.67. The van der Waals surface area contributed by atoms with Gasteiger partial charge in [0.05, 0.1) is 6.04 Å². The SMILES string of the molecule is CC.N[C@@H]1C=C(c2ccccc2)c2ccccc2CC1=O. The Hall–Kier alpha value is -2.19. The largest absolute Gasteiger partial charge is 0.318 e. The summed E-state index contributed by atoms with van der Waals surface area (Å²) in [4.78, 5) is 12.0. The molecule has 0 bridgehead atoms. The molecule has 0 spiro atoms. The van der Waals surface area contributed by atoms with Crippen molar-refractivity contribution in [3.05, 3.63) is 77.4 Å². The van der Waals surface area contributed by atoms with Crippen molar-refractivity contribution in [2.45, 2.75) is 26.3 Å². The number of rotatable bonds is 1. The Morgan fingerprint density at radius 2 is 1.57 bits per heavy atom. The summed E-state index contributed by atoms with van der Waals surface area (Å²) in [6.07, 6.45) is 2.29. The lowest BCUT2D eigenvalue weighted by atomic mass is 9.94. The summed E-state index contributed by atoms with van der Waals surface area (Å²) in [5.74, 6) is 0.0679. The van der Waals surface area contributed by atoms with Gasteiger partial charge in [0.1, 0.15) is 0 Å². The van der Waals surface area contributed by atoms with Crippen LogP contribution in [-0.4, -0.2) is 11.8 Å². The second-order valence-corrected chi connectivity index (χ2v) is 4.77. The fourth-order valence-electron chi connectivity index (χ4n) is 2.47. The fraction of sp³-hybridized carbons (Fsp3) is 0.211. The number of Topliss-reactive ketones (excluding diaryl/α,β-unsaturated/α-hetero) is 1. The van der Waals surface area contributed by atoms with E-state index < -0.39 is 6.04 Å². The number of hydrogen-bond acceptors (Lipinski definition) is 2. The van der Waals surface area contributed by atoms with Crippen LogP contribution in [0.5, 0.6) is 0 Å². The van der Waals surface area contributed by atoms with E-state index in [2.05, 4.69) is 6.07 Å². The minimum Gasteiger partial charge on any atom is -0.318 e. The molecule has 3 rings (SSSR count). The van der Waals surface area contributed by atoms with Gasteiger partial charge in [-0.3, -0.25) is 4.79 Å². The molecule has 2 N–H and O–H groups in total. The van der Waals surface area contributed by atoms with Crippen LogP contribution in [0.4, 0.5) is 0 Å². The Balaban J connectivity index is 0.000000774. The van der Waals surface area contributed by atoms with E-state index >= 15 is 0 Å². The Morgan fingerprint density at radius 1 is 0.952 bits per heavy atom. The first-order chi connectivity index (χ1) is 10.3. The summed E-state index contributed by atoms with van der Waals surface area (Å²) in [7, 11) is 0. The third-order valence-corrected chi connectivity index (χ3v) is 3.48. The van der Waals surface area contributed by atoms with Crippen molar-refractivity contribution in [1.82, 2.24) is 0 Å². The summed E-state index contributed by atoms with van der Waals surface area (Å²) in [6.45, 7) is 4.00. The molecule has 2 nitrogen and oxygen atoms in total. The smallest absolute Gasteiger partial charge is 0.157 e. The normalized spacial score (nSPS) is 17.0. The van der Waals surface area contributed by atoms with E-state index in [1.807, 2.05) is 68.5 Å². The van der Waals surface area contributed by atoms with Gasteiger partial charge in [-0.05, 0) is 22.3 Å². The molecule has 0 radical (unpaired) electrons. The van der Waals surface area contributed by atoms with Gasteiger partial charge >= 0.3 is 0 Å². The first-order valence-corrected chi connectivity index (χ1v) is 7.39. The van der Waals surface area contributed by atoms with Gasteiger partial charge in [0, 0.05) is 6.42 Å². The molecule has 0 unspecified atom stereocenters. The maximum atomic E-state index is 12.0. The van der Waals surface area contributed by atoms with E-state index in [-0.39, 0.29) is 5.78 Å². The summed E-state index contributed by atoms with van der Waals surface area (Å²) in [5, 5.41) is 0. The number of benzene rings is 2. The van der Waals surface area contributed by atoms with Gasteiger partial charge < -0.3 is 5.73 Å². The Morgan fingerprint density at radius 3 is 2.29 bits per heavy atom. The van der Waals surface area contributed by atoms with Crippen LogP contribution >= 0.6 is 0 Å². The Bertz CT molecular complexity index is 644. The highest BCUT2D eigenvalue weighted by Gasteiger charge is 2.21. The zero-order valence-electron chi connectivity index (χ0n) is 12.5. The third-order valence-electron chi connectivity index (χ3n) is 3.48.